The Labute approximate surface area is 122 Å². The van der Waals surface area contributed by atoms with Gasteiger partial charge in [0.1, 0.15) is 11.1 Å². The van der Waals surface area contributed by atoms with Gasteiger partial charge in [-0.1, -0.05) is 33.1 Å². The first-order valence-corrected chi connectivity index (χ1v) is 8.07. The molecule has 2 rings (SSSR count). The lowest BCUT2D eigenvalue weighted by Gasteiger charge is -2.54. The summed E-state index contributed by atoms with van der Waals surface area (Å²) in [4.78, 5) is 27.7. The van der Waals surface area contributed by atoms with Gasteiger partial charge in [-0.3, -0.25) is 9.59 Å². The van der Waals surface area contributed by atoms with Gasteiger partial charge in [0.2, 0.25) is 11.8 Å². The van der Waals surface area contributed by atoms with Crippen LogP contribution in [0.1, 0.15) is 72.6 Å². The summed E-state index contributed by atoms with van der Waals surface area (Å²) in [5, 5.41) is 3.10. The van der Waals surface area contributed by atoms with E-state index in [1.54, 1.807) is 0 Å². The fraction of sp³-hybridized carbons (Fsp3) is 0.875. The zero-order valence-electron chi connectivity index (χ0n) is 13.3. The molecule has 2 amide bonds. The molecule has 20 heavy (non-hydrogen) atoms. The minimum absolute atomic E-state index is 0.0294. The number of hydrogen-bond donors (Lipinski definition) is 1. The molecule has 2 aliphatic rings. The monoisotopic (exact) mass is 280 g/mol. The van der Waals surface area contributed by atoms with E-state index in [1.807, 2.05) is 18.7 Å². The molecule has 1 aliphatic carbocycles. The highest BCUT2D eigenvalue weighted by Crippen LogP contribution is 2.38. The molecule has 0 aromatic carbocycles. The van der Waals surface area contributed by atoms with Crippen molar-refractivity contribution in [1.82, 2.24) is 10.2 Å². The van der Waals surface area contributed by atoms with Gasteiger partial charge in [-0.15, -0.1) is 0 Å². The Balaban J connectivity index is 2.41. The van der Waals surface area contributed by atoms with Crippen molar-refractivity contribution in [3.8, 4) is 0 Å². The normalized spacial score (nSPS) is 31.3. The molecule has 1 heterocycles. The molecule has 2 atom stereocenters. The second-order valence-electron chi connectivity index (χ2n) is 6.66. The van der Waals surface area contributed by atoms with Gasteiger partial charge in [-0.2, -0.15) is 0 Å². The van der Waals surface area contributed by atoms with Crippen molar-refractivity contribution in [3.05, 3.63) is 0 Å². The summed E-state index contributed by atoms with van der Waals surface area (Å²) in [5.74, 6) is 0.178. The van der Waals surface area contributed by atoms with Gasteiger partial charge >= 0.3 is 0 Å². The Hall–Kier alpha value is -1.06. The fourth-order valence-corrected chi connectivity index (χ4v) is 3.66. The minimum Gasteiger partial charge on any atom is -0.340 e. The van der Waals surface area contributed by atoms with Crippen molar-refractivity contribution < 1.29 is 9.59 Å². The molecule has 1 spiro atoms. The Morgan fingerprint density at radius 2 is 1.80 bits per heavy atom. The third kappa shape index (κ3) is 2.13. The minimum atomic E-state index is -0.699. The van der Waals surface area contributed by atoms with Gasteiger partial charge in [-0.05, 0) is 39.5 Å². The lowest BCUT2D eigenvalue weighted by atomic mass is 9.75. The number of rotatable bonds is 3. The largest absolute Gasteiger partial charge is 0.340 e. The quantitative estimate of drug-likeness (QED) is 0.864. The summed E-state index contributed by atoms with van der Waals surface area (Å²) in [6.07, 6.45) is 6.36. The molecule has 0 radical (unpaired) electrons. The van der Waals surface area contributed by atoms with Gasteiger partial charge in [0.15, 0.2) is 0 Å². The highest BCUT2D eigenvalue weighted by molar-refractivity contribution is 6.02. The molecular formula is C16H28N2O2. The number of carbonyl (C=O) groups excluding carboxylic acids is 2. The van der Waals surface area contributed by atoms with E-state index in [0.29, 0.717) is 6.42 Å². The van der Waals surface area contributed by atoms with Gasteiger partial charge in [0.25, 0.3) is 0 Å². The summed E-state index contributed by atoms with van der Waals surface area (Å²) < 4.78 is 0. The molecule has 0 aromatic heterocycles. The van der Waals surface area contributed by atoms with Crippen LogP contribution in [0.5, 0.6) is 0 Å². The fourth-order valence-electron chi connectivity index (χ4n) is 3.66. The molecular weight excluding hydrogens is 252 g/mol. The Morgan fingerprint density at radius 1 is 1.20 bits per heavy atom. The summed E-state index contributed by atoms with van der Waals surface area (Å²) in [6.45, 7) is 8.03. The van der Waals surface area contributed by atoms with Crippen molar-refractivity contribution in [2.75, 3.05) is 0 Å². The van der Waals surface area contributed by atoms with Gasteiger partial charge in [0, 0.05) is 6.04 Å². The zero-order valence-corrected chi connectivity index (χ0v) is 13.3. The maximum atomic E-state index is 13.1. The summed E-state index contributed by atoms with van der Waals surface area (Å²) in [7, 11) is 0. The number of hydrogen-bond acceptors (Lipinski definition) is 2. The van der Waals surface area contributed by atoms with Crippen molar-refractivity contribution in [2.45, 2.75) is 89.8 Å². The van der Waals surface area contributed by atoms with Crippen LogP contribution in [0.2, 0.25) is 0 Å². The average molecular weight is 280 g/mol. The second-order valence-corrected chi connectivity index (χ2v) is 6.66. The van der Waals surface area contributed by atoms with Crippen LogP contribution in [0, 0.1) is 0 Å². The third-order valence-electron chi connectivity index (χ3n) is 5.43. The highest BCUT2D eigenvalue weighted by Gasteiger charge is 2.56. The molecule has 1 aliphatic heterocycles. The molecule has 1 saturated heterocycles. The van der Waals surface area contributed by atoms with Gasteiger partial charge in [0.05, 0.1) is 0 Å². The van der Waals surface area contributed by atoms with Gasteiger partial charge in [-0.25, -0.2) is 0 Å². The maximum Gasteiger partial charge on any atom is 0.249 e. The number of nitrogens with one attached hydrogen (secondary N) is 1. The van der Waals surface area contributed by atoms with E-state index >= 15 is 0 Å². The van der Waals surface area contributed by atoms with Crippen LogP contribution in [0.15, 0.2) is 0 Å². The Kier molecular flexibility index (Phi) is 4.12. The van der Waals surface area contributed by atoms with Crippen LogP contribution >= 0.6 is 0 Å². The summed E-state index contributed by atoms with van der Waals surface area (Å²) in [5.41, 5.74) is -1.32. The first kappa shape index (κ1) is 15.3. The Bertz CT molecular complexity index is 401. The van der Waals surface area contributed by atoms with E-state index in [1.165, 1.54) is 6.42 Å². The van der Waals surface area contributed by atoms with Crippen LogP contribution in [0.3, 0.4) is 0 Å². The topological polar surface area (TPSA) is 49.4 Å². The van der Waals surface area contributed by atoms with E-state index in [2.05, 4.69) is 19.2 Å². The predicted molar refractivity (Wildman–Crippen MR) is 79.3 cm³/mol. The molecule has 0 bridgehead atoms. The first-order chi connectivity index (χ1) is 9.41. The number of piperazine rings is 1. The average Bonchev–Trinajstić information content (AvgIpc) is 2.46. The highest BCUT2D eigenvalue weighted by atomic mass is 16.2. The SMILES string of the molecule is CCC(C)N1C(=O)C2(CCCCC2)NC(=O)C1(C)CC. The number of carbonyl (C=O) groups is 2. The second kappa shape index (κ2) is 5.38. The lowest BCUT2D eigenvalue weighted by Crippen LogP contribution is -2.76. The van der Waals surface area contributed by atoms with E-state index in [4.69, 9.17) is 0 Å². The molecule has 2 fully saturated rings. The van der Waals surface area contributed by atoms with Crippen LogP contribution in [0.4, 0.5) is 0 Å². The smallest absolute Gasteiger partial charge is 0.249 e. The van der Waals surface area contributed by atoms with E-state index < -0.39 is 11.1 Å². The van der Waals surface area contributed by atoms with Crippen molar-refractivity contribution in [1.29, 1.82) is 0 Å². The third-order valence-corrected chi connectivity index (χ3v) is 5.43. The van der Waals surface area contributed by atoms with Crippen LogP contribution in [0.25, 0.3) is 0 Å². The zero-order chi connectivity index (χ0) is 15.0. The molecule has 1 N–H and O–H groups in total. The van der Waals surface area contributed by atoms with Crippen LogP contribution < -0.4 is 5.32 Å². The van der Waals surface area contributed by atoms with E-state index in [9.17, 15) is 9.59 Å². The Morgan fingerprint density at radius 3 is 2.30 bits per heavy atom. The van der Waals surface area contributed by atoms with Crippen molar-refractivity contribution >= 4 is 11.8 Å². The number of amides is 2. The van der Waals surface area contributed by atoms with E-state index in [0.717, 1.165) is 32.1 Å². The van der Waals surface area contributed by atoms with Gasteiger partial charge < -0.3 is 10.2 Å². The lowest BCUT2D eigenvalue weighted by molar-refractivity contribution is -0.167. The molecule has 2 unspecified atom stereocenters. The molecule has 114 valence electrons. The van der Waals surface area contributed by atoms with E-state index in [-0.39, 0.29) is 17.9 Å². The predicted octanol–water partition coefficient (Wildman–Crippen LogP) is 2.61. The molecule has 0 aromatic rings. The van der Waals surface area contributed by atoms with Crippen molar-refractivity contribution in [2.24, 2.45) is 0 Å². The first-order valence-electron chi connectivity index (χ1n) is 8.07. The summed E-state index contributed by atoms with van der Waals surface area (Å²) in [6, 6.07) is 0.109. The van der Waals surface area contributed by atoms with Crippen LogP contribution in [-0.2, 0) is 9.59 Å². The van der Waals surface area contributed by atoms with Crippen LogP contribution in [-0.4, -0.2) is 33.8 Å². The standard InChI is InChI=1S/C16H28N2O2/c1-5-12(3)18-14(20)16(10-8-7-9-11-16)17-13(19)15(18,4)6-2/h12H,5-11H2,1-4H3,(H,17,19). The number of nitrogens with zero attached hydrogens (tertiary/aromatic N) is 1. The molecule has 1 saturated carbocycles. The van der Waals surface area contributed by atoms with Crippen molar-refractivity contribution in [3.63, 3.8) is 0 Å². The maximum absolute atomic E-state index is 13.1. The summed E-state index contributed by atoms with van der Waals surface area (Å²) >= 11 is 0. The molecule has 4 nitrogen and oxygen atoms in total. The molecule has 4 heteroatoms.